The van der Waals surface area contributed by atoms with Crippen LogP contribution in [0.4, 0.5) is 5.82 Å². The lowest BCUT2D eigenvalue weighted by atomic mass is 10.2. The molecule has 0 unspecified atom stereocenters. The summed E-state index contributed by atoms with van der Waals surface area (Å²) < 4.78 is 7.03. The van der Waals surface area contributed by atoms with E-state index in [4.69, 9.17) is 4.74 Å². The molecule has 0 atom stereocenters. The van der Waals surface area contributed by atoms with Gasteiger partial charge in [-0.15, -0.1) is 0 Å². The number of aromatic nitrogens is 4. The van der Waals surface area contributed by atoms with Gasteiger partial charge in [0.25, 0.3) is 0 Å². The molecule has 2 heterocycles. The predicted octanol–water partition coefficient (Wildman–Crippen LogP) is 3.58. The number of methoxy groups -OCH3 is 1. The first-order chi connectivity index (χ1) is 13.2. The fourth-order valence-electron chi connectivity index (χ4n) is 2.68. The van der Waals surface area contributed by atoms with Crippen molar-refractivity contribution in [1.29, 1.82) is 0 Å². The highest BCUT2D eigenvalue weighted by Gasteiger charge is 2.11. The van der Waals surface area contributed by atoms with Crippen molar-refractivity contribution in [3.63, 3.8) is 0 Å². The van der Waals surface area contributed by atoms with Crippen LogP contribution in [0.5, 0.6) is 5.75 Å². The SMILES string of the molecule is COc1cccc(-n2ncc3c(N/N=C/c4ccc(C)cc4)ncnc32)c1. The summed E-state index contributed by atoms with van der Waals surface area (Å²) in [7, 11) is 1.64. The first-order valence-electron chi connectivity index (χ1n) is 8.43. The van der Waals surface area contributed by atoms with Gasteiger partial charge in [-0.25, -0.2) is 14.6 Å². The normalized spacial score (nSPS) is 11.2. The van der Waals surface area contributed by atoms with E-state index in [-0.39, 0.29) is 0 Å². The number of rotatable bonds is 5. The molecule has 4 aromatic rings. The van der Waals surface area contributed by atoms with Crippen LogP contribution in [-0.2, 0) is 0 Å². The van der Waals surface area contributed by atoms with Crippen LogP contribution < -0.4 is 10.2 Å². The van der Waals surface area contributed by atoms with Gasteiger partial charge in [-0.1, -0.05) is 35.9 Å². The Balaban J connectivity index is 1.63. The number of aryl methyl sites for hydroxylation is 1. The van der Waals surface area contributed by atoms with Crippen molar-refractivity contribution in [2.45, 2.75) is 6.92 Å². The Morgan fingerprint density at radius 1 is 1.11 bits per heavy atom. The van der Waals surface area contributed by atoms with E-state index in [9.17, 15) is 0 Å². The third-order valence-corrected chi connectivity index (χ3v) is 4.13. The number of nitrogens with zero attached hydrogens (tertiary/aromatic N) is 5. The maximum atomic E-state index is 5.29. The molecule has 0 amide bonds. The van der Waals surface area contributed by atoms with Crippen LogP contribution in [0.3, 0.4) is 0 Å². The van der Waals surface area contributed by atoms with Gasteiger partial charge >= 0.3 is 0 Å². The average Bonchev–Trinajstić information content (AvgIpc) is 3.14. The molecule has 0 fully saturated rings. The largest absolute Gasteiger partial charge is 0.497 e. The van der Waals surface area contributed by atoms with Crippen molar-refractivity contribution in [2.75, 3.05) is 12.5 Å². The Morgan fingerprint density at radius 2 is 1.96 bits per heavy atom. The molecule has 0 saturated heterocycles. The zero-order valence-electron chi connectivity index (χ0n) is 15.0. The van der Waals surface area contributed by atoms with Crippen LogP contribution >= 0.6 is 0 Å². The van der Waals surface area contributed by atoms with Crippen molar-refractivity contribution in [3.05, 3.63) is 72.2 Å². The van der Waals surface area contributed by atoms with Crippen LogP contribution in [0, 0.1) is 6.92 Å². The molecule has 7 nitrogen and oxygen atoms in total. The number of nitrogens with one attached hydrogen (secondary N) is 1. The van der Waals surface area contributed by atoms with Crippen LogP contribution in [0.2, 0.25) is 0 Å². The van der Waals surface area contributed by atoms with Crippen molar-refractivity contribution in [2.24, 2.45) is 5.10 Å². The molecule has 2 aromatic heterocycles. The smallest absolute Gasteiger partial charge is 0.168 e. The van der Waals surface area contributed by atoms with E-state index in [0.717, 1.165) is 22.4 Å². The molecule has 4 rings (SSSR count). The molecule has 0 aliphatic heterocycles. The third kappa shape index (κ3) is 3.48. The van der Waals surface area contributed by atoms with Gasteiger partial charge in [0.2, 0.25) is 0 Å². The van der Waals surface area contributed by atoms with E-state index in [1.165, 1.54) is 11.9 Å². The standard InChI is InChI=1S/C20H18N6O/c1-14-6-8-15(9-7-14)11-23-25-19-18-12-24-26(20(18)22-13-21-19)16-4-3-5-17(10-16)27-2/h3-13H,1-2H3,(H,21,22,25)/b23-11+. The first kappa shape index (κ1) is 16.7. The summed E-state index contributed by atoms with van der Waals surface area (Å²) in [5, 5.41) is 9.50. The number of anilines is 1. The maximum Gasteiger partial charge on any atom is 0.168 e. The summed E-state index contributed by atoms with van der Waals surface area (Å²) in [5.41, 5.74) is 6.74. The Hall–Kier alpha value is -3.74. The molecule has 0 aliphatic rings. The molecule has 0 radical (unpaired) electrons. The third-order valence-electron chi connectivity index (χ3n) is 4.13. The minimum absolute atomic E-state index is 0.595. The number of fused-ring (bicyclic) bond motifs is 1. The van der Waals surface area contributed by atoms with Gasteiger partial charge in [-0.2, -0.15) is 10.2 Å². The van der Waals surface area contributed by atoms with Crippen LogP contribution in [0.25, 0.3) is 16.7 Å². The minimum atomic E-state index is 0.595. The van der Waals surface area contributed by atoms with E-state index in [2.05, 4.69) is 32.5 Å². The van der Waals surface area contributed by atoms with Crippen LogP contribution in [0.15, 0.2) is 66.2 Å². The van der Waals surface area contributed by atoms with Crippen molar-refractivity contribution < 1.29 is 4.74 Å². The van der Waals surface area contributed by atoms with E-state index < -0.39 is 0 Å². The predicted molar refractivity (Wildman–Crippen MR) is 106 cm³/mol. The van der Waals surface area contributed by atoms with Gasteiger partial charge in [0.15, 0.2) is 11.5 Å². The van der Waals surface area contributed by atoms with Gasteiger partial charge in [0.05, 0.1) is 30.6 Å². The van der Waals surface area contributed by atoms with Gasteiger partial charge < -0.3 is 4.74 Å². The van der Waals surface area contributed by atoms with Gasteiger partial charge in [-0.3, -0.25) is 5.43 Å². The maximum absolute atomic E-state index is 5.29. The summed E-state index contributed by atoms with van der Waals surface area (Å²) >= 11 is 0. The first-order valence-corrected chi connectivity index (χ1v) is 8.43. The second kappa shape index (κ2) is 7.25. The number of hydrazone groups is 1. The summed E-state index contributed by atoms with van der Waals surface area (Å²) in [4.78, 5) is 8.65. The fraction of sp³-hybridized carbons (Fsp3) is 0.100. The Morgan fingerprint density at radius 3 is 2.78 bits per heavy atom. The molecule has 134 valence electrons. The molecule has 27 heavy (non-hydrogen) atoms. The summed E-state index contributed by atoms with van der Waals surface area (Å²) in [6.45, 7) is 2.05. The number of ether oxygens (including phenoxy) is 1. The molecular weight excluding hydrogens is 340 g/mol. The van der Waals surface area contributed by atoms with Gasteiger partial charge in [0, 0.05) is 6.07 Å². The summed E-state index contributed by atoms with van der Waals surface area (Å²) in [5.74, 6) is 1.35. The summed E-state index contributed by atoms with van der Waals surface area (Å²) in [6.07, 6.45) is 4.96. The monoisotopic (exact) mass is 358 g/mol. The van der Waals surface area contributed by atoms with Crippen molar-refractivity contribution >= 4 is 23.1 Å². The molecule has 7 heteroatoms. The lowest BCUT2D eigenvalue weighted by molar-refractivity contribution is 0.414. The summed E-state index contributed by atoms with van der Waals surface area (Å²) in [6, 6.07) is 15.8. The lowest BCUT2D eigenvalue weighted by Gasteiger charge is -2.06. The average molecular weight is 358 g/mol. The fourth-order valence-corrected chi connectivity index (χ4v) is 2.68. The Bertz CT molecular complexity index is 1100. The Labute approximate surface area is 156 Å². The number of hydrogen-bond donors (Lipinski definition) is 1. The lowest BCUT2D eigenvalue weighted by Crippen LogP contribution is -2.00. The van der Waals surface area contributed by atoms with E-state index >= 15 is 0 Å². The molecule has 0 saturated carbocycles. The zero-order valence-corrected chi connectivity index (χ0v) is 15.0. The van der Waals surface area contributed by atoms with Crippen molar-refractivity contribution in [1.82, 2.24) is 19.7 Å². The molecule has 0 aliphatic carbocycles. The Kier molecular flexibility index (Phi) is 4.49. The highest BCUT2D eigenvalue weighted by molar-refractivity contribution is 5.88. The molecular formula is C20H18N6O. The quantitative estimate of drug-likeness (QED) is 0.436. The van der Waals surface area contributed by atoms with Gasteiger partial charge in [0.1, 0.15) is 12.1 Å². The molecule has 0 bridgehead atoms. The number of hydrogen-bond acceptors (Lipinski definition) is 6. The zero-order chi connectivity index (χ0) is 18.6. The van der Waals surface area contributed by atoms with E-state index in [1.54, 1.807) is 24.2 Å². The number of benzene rings is 2. The second-order valence-electron chi connectivity index (χ2n) is 6.00. The topological polar surface area (TPSA) is 77.2 Å². The molecule has 2 aromatic carbocycles. The second-order valence-corrected chi connectivity index (χ2v) is 6.00. The molecule has 0 spiro atoms. The van der Waals surface area contributed by atoms with E-state index in [0.29, 0.717) is 11.5 Å². The van der Waals surface area contributed by atoms with Gasteiger partial charge in [-0.05, 0) is 24.6 Å². The van der Waals surface area contributed by atoms with Crippen LogP contribution in [0.1, 0.15) is 11.1 Å². The highest BCUT2D eigenvalue weighted by Crippen LogP contribution is 2.23. The minimum Gasteiger partial charge on any atom is -0.497 e. The highest BCUT2D eigenvalue weighted by atomic mass is 16.5. The van der Waals surface area contributed by atoms with Crippen LogP contribution in [-0.4, -0.2) is 33.1 Å². The van der Waals surface area contributed by atoms with Crippen molar-refractivity contribution in [3.8, 4) is 11.4 Å². The van der Waals surface area contributed by atoms with E-state index in [1.807, 2.05) is 48.5 Å². The molecule has 1 N–H and O–H groups in total.